The van der Waals surface area contributed by atoms with Crippen molar-refractivity contribution in [3.05, 3.63) is 0 Å². The monoisotopic (exact) mass is 146 g/mol. The Labute approximate surface area is 60.6 Å². The Morgan fingerprint density at radius 3 is 2.80 bits per heavy atom. The zero-order valence-electron chi connectivity index (χ0n) is 6.16. The lowest BCUT2D eigenvalue weighted by Crippen LogP contribution is -2.37. The molecule has 0 aromatic heterocycles. The molecular formula is C7H14O3. The number of aliphatic hydroxyl groups is 2. The number of hydrogen-bond acceptors (Lipinski definition) is 3. The first-order valence-corrected chi connectivity index (χ1v) is 3.64. The lowest BCUT2D eigenvalue weighted by molar-refractivity contribution is -0.0937. The number of ether oxygens (including phenoxy) is 1. The van der Waals surface area contributed by atoms with Crippen LogP contribution in [0.25, 0.3) is 0 Å². The highest BCUT2D eigenvalue weighted by Crippen LogP contribution is 2.18. The van der Waals surface area contributed by atoms with E-state index in [9.17, 15) is 5.11 Å². The standard InChI is InChI=1S/C7H14O3/c1-5-4-10-6(3-8)2-7(5)9/h5-9H,2-4H2,1H3/t5-,6+,7+/m1/s1. The van der Waals surface area contributed by atoms with E-state index in [2.05, 4.69) is 0 Å². The highest BCUT2D eigenvalue weighted by atomic mass is 16.5. The highest BCUT2D eigenvalue weighted by molar-refractivity contribution is 4.74. The first kappa shape index (κ1) is 7.98. The van der Waals surface area contributed by atoms with Crippen LogP contribution in [0.2, 0.25) is 0 Å². The molecule has 0 amide bonds. The van der Waals surface area contributed by atoms with Crippen LogP contribution in [-0.4, -0.2) is 35.6 Å². The smallest absolute Gasteiger partial charge is 0.0830 e. The van der Waals surface area contributed by atoms with Gasteiger partial charge in [0.1, 0.15) is 0 Å². The zero-order valence-corrected chi connectivity index (χ0v) is 6.16. The number of hydrogen-bond donors (Lipinski definition) is 2. The Morgan fingerprint density at radius 2 is 2.30 bits per heavy atom. The molecule has 1 aliphatic rings. The summed E-state index contributed by atoms with van der Waals surface area (Å²) in [5, 5.41) is 17.9. The molecule has 2 N–H and O–H groups in total. The van der Waals surface area contributed by atoms with E-state index in [1.807, 2.05) is 6.92 Å². The molecule has 1 heterocycles. The van der Waals surface area contributed by atoms with Crippen molar-refractivity contribution in [3.63, 3.8) is 0 Å². The van der Waals surface area contributed by atoms with Gasteiger partial charge in [-0.1, -0.05) is 6.92 Å². The van der Waals surface area contributed by atoms with Gasteiger partial charge in [0.15, 0.2) is 0 Å². The molecule has 3 nitrogen and oxygen atoms in total. The molecule has 0 aromatic carbocycles. The van der Waals surface area contributed by atoms with Crippen molar-refractivity contribution >= 4 is 0 Å². The van der Waals surface area contributed by atoms with Gasteiger partial charge in [0, 0.05) is 12.3 Å². The third kappa shape index (κ3) is 1.68. The molecule has 1 fully saturated rings. The van der Waals surface area contributed by atoms with Crippen LogP contribution in [-0.2, 0) is 4.74 Å². The van der Waals surface area contributed by atoms with Crippen LogP contribution in [0.1, 0.15) is 13.3 Å². The van der Waals surface area contributed by atoms with Crippen molar-refractivity contribution in [2.45, 2.75) is 25.6 Å². The molecule has 0 saturated carbocycles. The minimum Gasteiger partial charge on any atom is -0.394 e. The van der Waals surface area contributed by atoms with E-state index in [1.54, 1.807) is 0 Å². The van der Waals surface area contributed by atoms with Gasteiger partial charge < -0.3 is 14.9 Å². The van der Waals surface area contributed by atoms with Crippen molar-refractivity contribution in [3.8, 4) is 0 Å². The summed E-state index contributed by atoms with van der Waals surface area (Å²) in [5.41, 5.74) is 0. The van der Waals surface area contributed by atoms with Crippen LogP contribution in [0.15, 0.2) is 0 Å². The molecule has 10 heavy (non-hydrogen) atoms. The molecule has 0 radical (unpaired) electrons. The second-order valence-corrected chi connectivity index (χ2v) is 2.92. The van der Waals surface area contributed by atoms with E-state index in [0.29, 0.717) is 13.0 Å². The molecule has 1 saturated heterocycles. The lowest BCUT2D eigenvalue weighted by Gasteiger charge is -2.30. The minimum atomic E-state index is -0.300. The van der Waals surface area contributed by atoms with Crippen molar-refractivity contribution in [2.24, 2.45) is 5.92 Å². The van der Waals surface area contributed by atoms with Gasteiger partial charge in [-0.05, 0) is 0 Å². The van der Waals surface area contributed by atoms with Crippen LogP contribution in [0.3, 0.4) is 0 Å². The summed E-state index contributed by atoms with van der Waals surface area (Å²) in [5.74, 6) is 0.211. The SMILES string of the molecule is C[C@@H]1CO[C@H](CO)C[C@@H]1O. The van der Waals surface area contributed by atoms with Crippen LogP contribution < -0.4 is 0 Å². The summed E-state index contributed by atoms with van der Waals surface area (Å²) in [6.07, 6.45) is 0.120. The largest absolute Gasteiger partial charge is 0.394 e. The predicted molar refractivity (Wildman–Crippen MR) is 36.6 cm³/mol. The van der Waals surface area contributed by atoms with Crippen LogP contribution >= 0.6 is 0 Å². The first-order valence-electron chi connectivity index (χ1n) is 3.64. The maximum atomic E-state index is 9.29. The van der Waals surface area contributed by atoms with Gasteiger partial charge in [0.05, 0.1) is 25.4 Å². The van der Waals surface area contributed by atoms with E-state index >= 15 is 0 Å². The Hall–Kier alpha value is -0.120. The molecule has 0 unspecified atom stereocenters. The van der Waals surface area contributed by atoms with E-state index in [4.69, 9.17) is 9.84 Å². The predicted octanol–water partition coefficient (Wildman–Crippen LogP) is -0.235. The minimum absolute atomic E-state index is 0.0176. The summed E-state index contributed by atoms with van der Waals surface area (Å²) in [4.78, 5) is 0. The van der Waals surface area contributed by atoms with Gasteiger partial charge in [-0.15, -0.1) is 0 Å². The van der Waals surface area contributed by atoms with Crippen LogP contribution in [0, 0.1) is 5.92 Å². The Morgan fingerprint density at radius 1 is 1.60 bits per heavy atom. The topological polar surface area (TPSA) is 49.7 Å². The fraction of sp³-hybridized carbons (Fsp3) is 1.00. The molecular weight excluding hydrogens is 132 g/mol. The van der Waals surface area contributed by atoms with Gasteiger partial charge in [0.2, 0.25) is 0 Å². The number of aliphatic hydroxyl groups excluding tert-OH is 2. The molecule has 0 aliphatic carbocycles. The molecule has 0 aromatic rings. The van der Waals surface area contributed by atoms with Crippen molar-refractivity contribution in [2.75, 3.05) is 13.2 Å². The molecule has 1 aliphatic heterocycles. The quantitative estimate of drug-likeness (QED) is 0.537. The molecule has 3 heteroatoms. The Bertz CT molecular complexity index is 105. The fourth-order valence-corrected chi connectivity index (χ4v) is 1.10. The second kappa shape index (κ2) is 3.32. The van der Waals surface area contributed by atoms with Gasteiger partial charge in [0.25, 0.3) is 0 Å². The molecule has 0 bridgehead atoms. The molecule has 3 atom stereocenters. The van der Waals surface area contributed by atoms with Gasteiger partial charge >= 0.3 is 0 Å². The van der Waals surface area contributed by atoms with Gasteiger partial charge in [-0.2, -0.15) is 0 Å². The summed E-state index contributed by atoms with van der Waals surface area (Å²) in [6, 6.07) is 0. The molecule has 0 spiro atoms. The van der Waals surface area contributed by atoms with E-state index in [0.717, 1.165) is 0 Å². The Kier molecular flexibility index (Phi) is 2.65. The van der Waals surface area contributed by atoms with E-state index in [-0.39, 0.29) is 24.7 Å². The van der Waals surface area contributed by atoms with E-state index < -0.39 is 0 Å². The first-order chi connectivity index (χ1) is 4.74. The van der Waals surface area contributed by atoms with Crippen LogP contribution in [0.4, 0.5) is 0 Å². The van der Waals surface area contributed by atoms with Crippen molar-refractivity contribution in [1.82, 2.24) is 0 Å². The third-order valence-corrected chi connectivity index (χ3v) is 1.96. The maximum Gasteiger partial charge on any atom is 0.0830 e. The second-order valence-electron chi connectivity index (χ2n) is 2.92. The highest BCUT2D eigenvalue weighted by Gasteiger charge is 2.25. The van der Waals surface area contributed by atoms with Crippen LogP contribution in [0.5, 0.6) is 0 Å². The summed E-state index contributed by atoms with van der Waals surface area (Å²) in [7, 11) is 0. The lowest BCUT2D eigenvalue weighted by atomic mass is 9.97. The van der Waals surface area contributed by atoms with Gasteiger partial charge in [-0.25, -0.2) is 0 Å². The average Bonchev–Trinajstić information content (AvgIpc) is 1.95. The molecule has 60 valence electrons. The zero-order chi connectivity index (χ0) is 7.56. The fourth-order valence-electron chi connectivity index (χ4n) is 1.10. The van der Waals surface area contributed by atoms with Crippen molar-refractivity contribution in [1.29, 1.82) is 0 Å². The van der Waals surface area contributed by atoms with E-state index in [1.165, 1.54) is 0 Å². The summed E-state index contributed by atoms with van der Waals surface area (Å²) in [6.45, 7) is 2.52. The maximum absolute atomic E-state index is 9.29. The molecule has 1 rings (SSSR count). The Balaban J connectivity index is 2.33. The summed E-state index contributed by atoms with van der Waals surface area (Å²) >= 11 is 0. The third-order valence-electron chi connectivity index (χ3n) is 1.96. The number of rotatable bonds is 1. The summed E-state index contributed by atoms with van der Waals surface area (Å²) < 4.78 is 5.20. The van der Waals surface area contributed by atoms with Gasteiger partial charge in [-0.3, -0.25) is 0 Å². The van der Waals surface area contributed by atoms with Crippen molar-refractivity contribution < 1.29 is 14.9 Å². The average molecular weight is 146 g/mol. The normalized spacial score (nSPS) is 41.7.